The number of ether oxygens (including phenoxy) is 1. The third-order valence-corrected chi connectivity index (χ3v) is 6.56. The van der Waals surface area contributed by atoms with Crippen LogP contribution in [0.25, 0.3) is 0 Å². The first-order chi connectivity index (χ1) is 16.7. The topological polar surface area (TPSA) is 69.0 Å². The van der Waals surface area contributed by atoms with Gasteiger partial charge in [0.1, 0.15) is 18.2 Å². The lowest BCUT2D eigenvalue weighted by Gasteiger charge is -2.10. The highest BCUT2D eigenvalue weighted by Crippen LogP contribution is 2.40. The summed E-state index contributed by atoms with van der Waals surface area (Å²) in [5, 5.41) is 12.6. The summed E-state index contributed by atoms with van der Waals surface area (Å²) < 4.78 is 7.97. The van der Waals surface area contributed by atoms with Crippen molar-refractivity contribution in [3.8, 4) is 5.75 Å². The van der Waals surface area contributed by atoms with Gasteiger partial charge in [-0.05, 0) is 48.2 Å². The first-order valence-corrected chi connectivity index (χ1v) is 12.4. The van der Waals surface area contributed by atoms with Crippen LogP contribution in [0.3, 0.4) is 0 Å². The summed E-state index contributed by atoms with van der Waals surface area (Å²) in [7, 11) is 0. The standard InChI is InChI=1S/C27H26N4O2S/c32-25(28-23-13-15-24(16-14-23)33-18-21-9-5-2-6-10-21)19-34-27-30-29-26(22-11-12-22)31(27)17-20-7-3-1-4-8-20/h1-10,13-16,22H,11-12,17-19H2,(H,28,32). The van der Waals surface area contributed by atoms with Gasteiger partial charge in [-0.25, -0.2) is 0 Å². The predicted octanol–water partition coefficient (Wildman–Crippen LogP) is 5.51. The van der Waals surface area contributed by atoms with Gasteiger partial charge in [-0.15, -0.1) is 10.2 Å². The molecule has 0 saturated heterocycles. The van der Waals surface area contributed by atoms with Gasteiger partial charge in [0.25, 0.3) is 0 Å². The minimum Gasteiger partial charge on any atom is -0.489 e. The summed E-state index contributed by atoms with van der Waals surface area (Å²) in [6.07, 6.45) is 2.31. The molecule has 5 rings (SSSR count). The van der Waals surface area contributed by atoms with Crippen LogP contribution in [-0.4, -0.2) is 26.4 Å². The highest BCUT2D eigenvalue weighted by Gasteiger charge is 2.30. The van der Waals surface area contributed by atoms with Crippen molar-refractivity contribution < 1.29 is 9.53 Å². The van der Waals surface area contributed by atoms with Crippen LogP contribution in [0.1, 0.15) is 35.7 Å². The Morgan fingerprint density at radius 3 is 2.26 bits per heavy atom. The molecule has 172 valence electrons. The Balaban J connectivity index is 1.16. The van der Waals surface area contributed by atoms with E-state index < -0.39 is 0 Å². The number of thioether (sulfide) groups is 1. The van der Waals surface area contributed by atoms with E-state index in [-0.39, 0.29) is 11.7 Å². The molecular weight excluding hydrogens is 444 g/mol. The lowest BCUT2D eigenvalue weighted by atomic mass is 10.2. The monoisotopic (exact) mass is 470 g/mol. The summed E-state index contributed by atoms with van der Waals surface area (Å²) in [6, 6.07) is 27.8. The second-order valence-corrected chi connectivity index (χ2v) is 9.26. The number of carbonyl (C=O) groups excluding carboxylic acids is 1. The summed E-state index contributed by atoms with van der Waals surface area (Å²) >= 11 is 1.42. The largest absolute Gasteiger partial charge is 0.489 e. The van der Waals surface area contributed by atoms with Crippen LogP contribution < -0.4 is 10.1 Å². The Bertz CT molecular complexity index is 1220. The van der Waals surface area contributed by atoms with Crippen molar-refractivity contribution in [1.29, 1.82) is 0 Å². The third-order valence-electron chi connectivity index (χ3n) is 5.59. The minimum absolute atomic E-state index is 0.0785. The van der Waals surface area contributed by atoms with E-state index in [1.807, 2.05) is 72.8 Å². The van der Waals surface area contributed by atoms with Gasteiger partial charge >= 0.3 is 0 Å². The zero-order valence-corrected chi connectivity index (χ0v) is 19.6. The molecule has 1 aliphatic carbocycles. The zero-order chi connectivity index (χ0) is 23.2. The number of nitrogens with zero attached hydrogens (tertiary/aromatic N) is 3. The first-order valence-electron chi connectivity index (χ1n) is 11.4. The van der Waals surface area contributed by atoms with Crippen LogP contribution in [0, 0.1) is 0 Å². The van der Waals surface area contributed by atoms with Gasteiger partial charge in [-0.1, -0.05) is 72.4 Å². The van der Waals surface area contributed by atoms with Crippen molar-refractivity contribution in [2.45, 2.75) is 37.1 Å². The summed E-state index contributed by atoms with van der Waals surface area (Å²) in [4.78, 5) is 12.6. The molecule has 1 fully saturated rings. The molecule has 0 aliphatic heterocycles. The maximum Gasteiger partial charge on any atom is 0.234 e. The Kier molecular flexibility index (Phi) is 6.91. The Labute approximate surface area is 203 Å². The Morgan fingerprint density at radius 2 is 1.59 bits per heavy atom. The summed E-state index contributed by atoms with van der Waals surface area (Å²) in [5.74, 6) is 2.46. The van der Waals surface area contributed by atoms with E-state index in [4.69, 9.17) is 4.74 Å². The fourth-order valence-corrected chi connectivity index (χ4v) is 4.41. The van der Waals surface area contributed by atoms with Gasteiger partial charge in [0, 0.05) is 11.6 Å². The van der Waals surface area contributed by atoms with E-state index in [9.17, 15) is 4.79 Å². The molecule has 7 heteroatoms. The minimum atomic E-state index is -0.0785. The molecule has 6 nitrogen and oxygen atoms in total. The van der Waals surface area contributed by atoms with Crippen LogP contribution in [0.5, 0.6) is 5.75 Å². The smallest absolute Gasteiger partial charge is 0.234 e. The van der Waals surface area contributed by atoms with Crippen molar-refractivity contribution in [3.63, 3.8) is 0 Å². The van der Waals surface area contributed by atoms with Gasteiger partial charge in [-0.3, -0.25) is 4.79 Å². The van der Waals surface area contributed by atoms with Crippen molar-refractivity contribution in [2.24, 2.45) is 0 Å². The number of aromatic nitrogens is 3. The number of anilines is 1. The molecule has 0 spiro atoms. The number of rotatable bonds is 10. The maximum atomic E-state index is 12.6. The molecule has 1 heterocycles. The number of amides is 1. The highest BCUT2D eigenvalue weighted by molar-refractivity contribution is 7.99. The fourth-order valence-electron chi connectivity index (χ4n) is 3.67. The van der Waals surface area contributed by atoms with Gasteiger partial charge in [-0.2, -0.15) is 0 Å². The molecule has 0 unspecified atom stereocenters. The predicted molar refractivity (Wildman–Crippen MR) is 134 cm³/mol. The Hall–Kier alpha value is -3.58. The van der Waals surface area contributed by atoms with Crippen molar-refractivity contribution in [1.82, 2.24) is 14.8 Å². The quantitative estimate of drug-likeness (QED) is 0.309. The van der Waals surface area contributed by atoms with E-state index in [1.165, 1.54) is 17.3 Å². The Morgan fingerprint density at radius 1 is 0.912 bits per heavy atom. The molecule has 34 heavy (non-hydrogen) atoms. The lowest BCUT2D eigenvalue weighted by Crippen LogP contribution is -2.15. The zero-order valence-electron chi connectivity index (χ0n) is 18.8. The molecule has 1 aromatic heterocycles. The van der Waals surface area contributed by atoms with Crippen LogP contribution >= 0.6 is 11.8 Å². The molecule has 0 radical (unpaired) electrons. The SMILES string of the molecule is O=C(CSc1nnc(C2CC2)n1Cc1ccccc1)Nc1ccc(OCc2ccccc2)cc1. The van der Waals surface area contributed by atoms with Crippen molar-refractivity contribution in [3.05, 3.63) is 102 Å². The van der Waals surface area contributed by atoms with Gasteiger partial charge in [0.05, 0.1) is 12.3 Å². The number of hydrogen-bond acceptors (Lipinski definition) is 5. The van der Waals surface area contributed by atoms with E-state index in [0.717, 1.165) is 40.8 Å². The lowest BCUT2D eigenvalue weighted by molar-refractivity contribution is -0.113. The van der Waals surface area contributed by atoms with E-state index in [1.54, 1.807) is 0 Å². The molecule has 1 aliphatic rings. The molecule has 1 N–H and O–H groups in total. The normalized spacial score (nSPS) is 12.9. The van der Waals surface area contributed by atoms with E-state index >= 15 is 0 Å². The number of carbonyl (C=O) groups is 1. The molecule has 1 amide bonds. The molecule has 0 bridgehead atoms. The van der Waals surface area contributed by atoms with Crippen LogP contribution in [0.2, 0.25) is 0 Å². The van der Waals surface area contributed by atoms with Crippen molar-refractivity contribution in [2.75, 3.05) is 11.1 Å². The average molecular weight is 471 g/mol. The van der Waals surface area contributed by atoms with E-state index in [0.29, 0.717) is 19.1 Å². The molecule has 0 atom stereocenters. The molecule has 3 aromatic carbocycles. The highest BCUT2D eigenvalue weighted by atomic mass is 32.2. The molecular formula is C27H26N4O2S. The third kappa shape index (κ3) is 5.85. The molecule has 4 aromatic rings. The molecule has 1 saturated carbocycles. The summed E-state index contributed by atoms with van der Waals surface area (Å²) in [5.41, 5.74) is 3.05. The van der Waals surface area contributed by atoms with Crippen LogP contribution in [0.4, 0.5) is 5.69 Å². The average Bonchev–Trinajstić information content (AvgIpc) is 3.65. The van der Waals surface area contributed by atoms with Crippen LogP contribution in [-0.2, 0) is 17.9 Å². The van der Waals surface area contributed by atoms with Gasteiger partial charge in [0.15, 0.2) is 5.16 Å². The van der Waals surface area contributed by atoms with Gasteiger partial charge in [0.2, 0.25) is 5.91 Å². The number of benzene rings is 3. The maximum absolute atomic E-state index is 12.6. The van der Waals surface area contributed by atoms with Gasteiger partial charge < -0.3 is 14.6 Å². The van der Waals surface area contributed by atoms with Crippen LogP contribution in [0.15, 0.2) is 90.1 Å². The second kappa shape index (κ2) is 10.6. The first kappa shape index (κ1) is 22.2. The van der Waals surface area contributed by atoms with E-state index in [2.05, 4.69) is 32.2 Å². The fraction of sp³-hybridized carbons (Fsp3) is 0.222. The second-order valence-electron chi connectivity index (χ2n) is 8.32. The number of hydrogen-bond donors (Lipinski definition) is 1. The summed E-state index contributed by atoms with van der Waals surface area (Å²) in [6.45, 7) is 1.23. The number of nitrogens with one attached hydrogen (secondary N) is 1. The van der Waals surface area contributed by atoms with Crippen molar-refractivity contribution >= 4 is 23.4 Å².